The van der Waals surface area contributed by atoms with Crippen molar-refractivity contribution >= 4 is 33.5 Å². The van der Waals surface area contributed by atoms with Crippen molar-refractivity contribution < 1.29 is 4.74 Å². The zero-order chi connectivity index (χ0) is 31.1. The molecule has 0 radical (unpaired) electrons. The Balaban J connectivity index is 1.62. The Morgan fingerprint density at radius 3 is 1.50 bits per heavy atom. The molecule has 0 aliphatic carbocycles. The van der Waals surface area contributed by atoms with E-state index in [-0.39, 0.29) is 5.92 Å². The average Bonchev–Trinajstić information content (AvgIpc) is 3.07. The quantitative estimate of drug-likeness (QED) is 0.0847. The van der Waals surface area contributed by atoms with Crippen molar-refractivity contribution in [1.82, 2.24) is 0 Å². The number of rotatable bonds is 13. The van der Waals surface area contributed by atoms with Gasteiger partial charge in [0.15, 0.2) is 0 Å². The van der Waals surface area contributed by atoms with E-state index in [2.05, 4.69) is 122 Å². The van der Waals surface area contributed by atoms with Crippen molar-refractivity contribution in [3.63, 3.8) is 0 Å². The molecule has 5 aromatic rings. The third-order valence-corrected chi connectivity index (χ3v) is 8.64. The van der Waals surface area contributed by atoms with E-state index >= 15 is 0 Å². The highest BCUT2D eigenvalue weighted by molar-refractivity contribution is 5.98. The second kappa shape index (κ2) is 14.3. The summed E-state index contributed by atoms with van der Waals surface area (Å²) in [5.74, 6) is 7.68. The molecule has 0 spiro atoms. The van der Waals surface area contributed by atoms with Crippen LogP contribution < -0.4 is 25.4 Å². The van der Waals surface area contributed by atoms with E-state index < -0.39 is 0 Å². The fraction of sp³-hybridized carbons (Fsp3) is 0.282. The monoisotopic (exact) mass is 586 g/mol. The molecule has 0 amide bonds. The van der Waals surface area contributed by atoms with Gasteiger partial charge in [0.1, 0.15) is 5.75 Å². The Kier molecular flexibility index (Phi) is 10.1. The van der Waals surface area contributed by atoms with Crippen LogP contribution in [0.5, 0.6) is 5.75 Å². The molecular weight excluding hydrogens is 540 g/mol. The highest BCUT2D eigenvalue weighted by atomic mass is 16.5. The van der Waals surface area contributed by atoms with Crippen molar-refractivity contribution in [2.75, 3.05) is 47.6 Å². The maximum Gasteiger partial charge on any atom is 0.119 e. The fourth-order valence-electron chi connectivity index (χ4n) is 6.26. The van der Waals surface area contributed by atoms with Crippen LogP contribution in [0, 0.1) is 0 Å². The first kappa shape index (κ1) is 31.0. The Morgan fingerprint density at radius 2 is 1.02 bits per heavy atom. The van der Waals surface area contributed by atoms with Crippen molar-refractivity contribution in [1.29, 1.82) is 0 Å². The normalized spacial score (nSPS) is 11.2. The fourth-order valence-corrected chi connectivity index (χ4v) is 6.26. The first-order chi connectivity index (χ1) is 21.5. The molecule has 0 aliphatic heterocycles. The van der Waals surface area contributed by atoms with Crippen molar-refractivity contribution in [2.45, 2.75) is 40.5 Å². The summed E-state index contributed by atoms with van der Waals surface area (Å²) < 4.78 is 5.64. The summed E-state index contributed by atoms with van der Waals surface area (Å²) in [6, 6.07) is 39.2. The molecule has 0 saturated heterocycles. The molecule has 228 valence electrons. The third-order valence-electron chi connectivity index (χ3n) is 8.64. The molecule has 0 atom stereocenters. The van der Waals surface area contributed by atoms with Gasteiger partial charge in [0.25, 0.3) is 0 Å². The summed E-state index contributed by atoms with van der Waals surface area (Å²) in [4.78, 5) is 4.78. The van der Waals surface area contributed by atoms with Crippen molar-refractivity contribution in [3.05, 3.63) is 126 Å². The van der Waals surface area contributed by atoms with Crippen molar-refractivity contribution in [3.8, 4) is 5.75 Å². The molecule has 0 bridgehead atoms. The highest BCUT2D eigenvalue weighted by Crippen LogP contribution is 2.41. The zero-order valence-electron chi connectivity index (χ0n) is 26.8. The summed E-state index contributed by atoms with van der Waals surface area (Å²) >= 11 is 0. The molecule has 0 heterocycles. The summed E-state index contributed by atoms with van der Waals surface area (Å²) in [6.45, 7) is 15.4. The van der Waals surface area contributed by atoms with Gasteiger partial charge in [-0.25, -0.2) is 5.84 Å². The van der Waals surface area contributed by atoms with Crippen LogP contribution in [-0.4, -0.2) is 32.8 Å². The number of anilines is 4. The molecule has 0 fully saturated rings. The number of nitrogens with zero attached hydrogens (tertiary/aromatic N) is 3. The van der Waals surface area contributed by atoms with Gasteiger partial charge in [-0.2, -0.15) is 0 Å². The van der Waals surface area contributed by atoms with E-state index in [9.17, 15) is 0 Å². The molecular formula is C39H46N4O. The molecule has 5 nitrogen and oxygen atoms in total. The maximum absolute atomic E-state index is 6.78. The third kappa shape index (κ3) is 6.39. The van der Waals surface area contributed by atoms with Gasteiger partial charge in [-0.15, -0.1) is 0 Å². The standard InChI is InChI=1S/C39H46N4O/c1-6-41(7-2)31-19-15-29(16-20-31)39(30-17-21-32(22-18-30)42(8-3)9-4)37-27-28-38(36-14-12-11-13-35(36)37)43(40)33-23-25-34(26-24-33)44-10-5/h11-28,39H,6-10,40H2,1-5H3. The smallest absolute Gasteiger partial charge is 0.119 e. The second-order valence-corrected chi connectivity index (χ2v) is 11.0. The minimum absolute atomic E-state index is 0.0576. The average molecular weight is 587 g/mol. The molecule has 2 N–H and O–H groups in total. The number of benzene rings is 5. The maximum atomic E-state index is 6.78. The van der Waals surface area contributed by atoms with Crippen molar-refractivity contribution in [2.24, 2.45) is 5.84 Å². The number of fused-ring (bicyclic) bond motifs is 1. The first-order valence-corrected chi connectivity index (χ1v) is 16.0. The van der Waals surface area contributed by atoms with Crippen LogP contribution in [0.1, 0.15) is 57.2 Å². The first-order valence-electron chi connectivity index (χ1n) is 16.0. The Morgan fingerprint density at radius 1 is 0.545 bits per heavy atom. The summed E-state index contributed by atoms with van der Waals surface area (Å²) in [5.41, 5.74) is 8.17. The molecule has 0 aliphatic rings. The second-order valence-electron chi connectivity index (χ2n) is 11.0. The highest BCUT2D eigenvalue weighted by Gasteiger charge is 2.22. The number of ether oxygens (including phenoxy) is 1. The lowest BCUT2D eigenvalue weighted by Gasteiger charge is -2.27. The summed E-state index contributed by atoms with van der Waals surface area (Å²) in [5, 5.41) is 4.08. The van der Waals surface area contributed by atoms with Gasteiger partial charge in [0.05, 0.1) is 18.0 Å². The summed E-state index contributed by atoms with van der Waals surface area (Å²) in [7, 11) is 0. The Bertz CT molecular complexity index is 1570. The van der Waals surface area contributed by atoms with E-state index in [0.29, 0.717) is 6.61 Å². The van der Waals surface area contributed by atoms with Crippen LogP contribution in [0.15, 0.2) is 109 Å². The molecule has 0 unspecified atom stereocenters. The van der Waals surface area contributed by atoms with Gasteiger partial charge < -0.3 is 14.5 Å². The van der Waals surface area contributed by atoms with Gasteiger partial charge in [0, 0.05) is 48.9 Å². The number of nitrogens with two attached hydrogens (primary N) is 1. The predicted molar refractivity (Wildman–Crippen MR) is 189 cm³/mol. The van der Waals surface area contributed by atoms with E-state index in [1.165, 1.54) is 33.5 Å². The lowest BCUT2D eigenvalue weighted by Crippen LogP contribution is -2.25. The minimum atomic E-state index is 0.0576. The zero-order valence-corrected chi connectivity index (χ0v) is 26.8. The van der Waals surface area contributed by atoms with E-state index in [1.54, 1.807) is 5.01 Å². The van der Waals surface area contributed by atoms with Crippen LogP contribution in [0.4, 0.5) is 22.7 Å². The van der Waals surface area contributed by atoms with Gasteiger partial charge in [-0.05, 0) is 111 Å². The number of hydrogen-bond donors (Lipinski definition) is 1. The van der Waals surface area contributed by atoms with Crippen LogP contribution >= 0.6 is 0 Å². The Labute approximate surface area is 263 Å². The molecule has 44 heavy (non-hydrogen) atoms. The van der Waals surface area contributed by atoms with E-state index in [0.717, 1.165) is 48.7 Å². The Hall–Kier alpha value is -4.48. The van der Waals surface area contributed by atoms with Crippen LogP contribution in [0.2, 0.25) is 0 Å². The summed E-state index contributed by atoms with van der Waals surface area (Å²) in [6.07, 6.45) is 0. The van der Waals surface area contributed by atoms with E-state index in [4.69, 9.17) is 10.6 Å². The predicted octanol–water partition coefficient (Wildman–Crippen LogP) is 9.12. The topological polar surface area (TPSA) is 45.0 Å². The van der Waals surface area contributed by atoms with E-state index in [1.807, 2.05) is 31.2 Å². The molecule has 0 saturated carbocycles. The van der Waals surface area contributed by atoms with Crippen LogP contribution in [0.25, 0.3) is 10.8 Å². The van der Waals surface area contributed by atoms with Gasteiger partial charge in [-0.1, -0.05) is 54.6 Å². The molecule has 5 heteroatoms. The lowest BCUT2D eigenvalue weighted by atomic mass is 9.82. The molecule has 5 rings (SSSR count). The SMILES string of the molecule is CCOc1ccc(N(N)c2ccc(C(c3ccc(N(CC)CC)cc3)c3ccc(N(CC)CC)cc3)c3ccccc23)cc1. The minimum Gasteiger partial charge on any atom is -0.494 e. The van der Waals surface area contributed by atoms with Crippen LogP contribution in [-0.2, 0) is 0 Å². The molecule has 5 aromatic carbocycles. The van der Waals surface area contributed by atoms with Gasteiger partial charge in [-0.3, -0.25) is 5.01 Å². The van der Waals surface area contributed by atoms with Gasteiger partial charge in [0.2, 0.25) is 0 Å². The lowest BCUT2D eigenvalue weighted by molar-refractivity contribution is 0.340. The largest absolute Gasteiger partial charge is 0.494 e. The number of hydrogen-bond acceptors (Lipinski definition) is 5. The van der Waals surface area contributed by atoms with Crippen LogP contribution in [0.3, 0.4) is 0 Å². The number of hydrazine groups is 1. The molecule has 0 aromatic heterocycles. The van der Waals surface area contributed by atoms with Gasteiger partial charge >= 0.3 is 0 Å².